The predicted molar refractivity (Wildman–Crippen MR) is 48.9 cm³/mol. The SMILES string of the molecule is Cn1ncc(C(=O)Cc2csnn2)n1. The molecule has 2 heterocycles. The van der Waals surface area contributed by atoms with Crippen LogP contribution in [0.25, 0.3) is 0 Å². The number of aromatic nitrogens is 5. The van der Waals surface area contributed by atoms with E-state index in [-0.39, 0.29) is 12.2 Å². The maximum atomic E-state index is 11.5. The number of aryl methyl sites for hydroxylation is 1. The number of carbonyl (C=O) groups is 1. The van der Waals surface area contributed by atoms with Gasteiger partial charge in [0.2, 0.25) is 0 Å². The highest BCUT2D eigenvalue weighted by molar-refractivity contribution is 7.03. The minimum atomic E-state index is -0.0919. The number of hydrogen-bond acceptors (Lipinski definition) is 6. The van der Waals surface area contributed by atoms with Gasteiger partial charge in [-0.15, -0.1) is 5.10 Å². The van der Waals surface area contributed by atoms with Crippen molar-refractivity contribution in [2.45, 2.75) is 6.42 Å². The molecule has 2 aromatic rings. The molecule has 6 nitrogen and oxygen atoms in total. The van der Waals surface area contributed by atoms with Crippen molar-refractivity contribution >= 4 is 17.3 Å². The summed E-state index contributed by atoms with van der Waals surface area (Å²) in [6, 6.07) is 0. The molecule has 0 aromatic carbocycles. The number of rotatable bonds is 3. The topological polar surface area (TPSA) is 73.6 Å². The van der Waals surface area contributed by atoms with Gasteiger partial charge in [0.15, 0.2) is 5.78 Å². The molecule has 2 rings (SSSR count). The van der Waals surface area contributed by atoms with E-state index in [1.165, 1.54) is 22.5 Å². The van der Waals surface area contributed by atoms with Gasteiger partial charge in [-0.3, -0.25) is 4.79 Å². The van der Waals surface area contributed by atoms with Crippen LogP contribution < -0.4 is 0 Å². The summed E-state index contributed by atoms with van der Waals surface area (Å²) in [6.07, 6.45) is 1.68. The second-order valence-electron chi connectivity index (χ2n) is 2.72. The summed E-state index contributed by atoms with van der Waals surface area (Å²) in [6.45, 7) is 0. The Hall–Kier alpha value is -1.63. The molecule has 0 aliphatic carbocycles. The molecule has 0 N–H and O–H groups in total. The van der Waals surface area contributed by atoms with Crippen molar-refractivity contribution in [1.82, 2.24) is 24.6 Å². The van der Waals surface area contributed by atoms with Crippen LogP contribution in [0.5, 0.6) is 0 Å². The zero-order valence-corrected chi connectivity index (χ0v) is 8.23. The van der Waals surface area contributed by atoms with E-state index < -0.39 is 0 Å². The van der Waals surface area contributed by atoms with Gasteiger partial charge >= 0.3 is 0 Å². The van der Waals surface area contributed by atoms with Gasteiger partial charge in [0.05, 0.1) is 18.3 Å². The average molecular weight is 209 g/mol. The van der Waals surface area contributed by atoms with Crippen LogP contribution in [-0.4, -0.2) is 30.4 Å². The standard InChI is InChI=1S/C7H7N5OS/c1-12-8-3-6(10-12)7(13)2-5-4-14-11-9-5/h3-4H,2H2,1H3. The number of carbonyl (C=O) groups excluding carboxylic acids is 1. The molecule has 14 heavy (non-hydrogen) atoms. The third-order valence-corrected chi connectivity index (χ3v) is 2.19. The maximum absolute atomic E-state index is 11.5. The maximum Gasteiger partial charge on any atom is 0.190 e. The Morgan fingerprint density at radius 1 is 1.64 bits per heavy atom. The molecule has 72 valence electrons. The third-order valence-electron chi connectivity index (χ3n) is 1.63. The minimum Gasteiger partial charge on any atom is -0.292 e. The second kappa shape index (κ2) is 3.62. The monoisotopic (exact) mass is 209 g/mol. The van der Waals surface area contributed by atoms with Crippen LogP contribution in [-0.2, 0) is 13.5 Å². The van der Waals surface area contributed by atoms with E-state index in [9.17, 15) is 4.79 Å². The third kappa shape index (κ3) is 1.82. The van der Waals surface area contributed by atoms with Crippen molar-refractivity contribution in [3.63, 3.8) is 0 Å². The van der Waals surface area contributed by atoms with Gasteiger partial charge in [-0.1, -0.05) is 4.49 Å². The molecule has 0 amide bonds. The molecule has 0 spiro atoms. The van der Waals surface area contributed by atoms with Crippen LogP contribution in [0.4, 0.5) is 0 Å². The van der Waals surface area contributed by atoms with E-state index in [1.54, 1.807) is 12.4 Å². The van der Waals surface area contributed by atoms with E-state index in [4.69, 9.17) is 0 Å². The Labute approximate surface area is 83.7 Å². The molecule has 0 atom stereocenters. The quantitative estimate of drug-likeness (QED) is 0.670. The summed E-state index contributed by atoms with van der Waals surface area (Å²) in [5, 5.41) is 13.2. The van der Waals surface area contributed by atoms with Crippen LogP contribution >= 0.6 is 11.5 Å². The molecule has 0 bridgehead atoms. The fourth-order valence-electron chi connectivity index (χ4n) is 0.990. The molecule has 2 aromatic heterocycles. The first-order valence-corrected chi connectivity index (χ1v) is 4.75. The van der Waals surface area contributed by atoms with Crippen LogP contribution in [0.15, 0.2) is 11.6 Å². The zero-order valence-electron chi connectivity index (χ0n) is 7.41. The normalized spacial score (nSPS) is 10.4. The lowest BCUT2D eigenvalue weighted by atomic mass is 10.2. The van der Waals surface area contributed by atoms with Gasteiger partial charge in [0.25, 0.3) is 0 Å². The lowest BCUT2D eigenvalue weighted by Crippen LogP contribution is -2.05. The van der Waals surface area contributed by atoms with Crippen LogP contribution in [0.1, 0.15) is 16.2 Å². The van der Waals surface area contributed by atoms with Crippen molar-refractivity contribution in [2.75, 3.05) is 0 Å². The average Bonchev–Trinajstić information content (AvgIpc) is 2.75. The van der Waals surface area contributed by atoms with Crippen LogP contribution in [0.3, 0.4) is 0 Å². The van der Waals surface area contributed by atoms with Crippen LogP contribution in [0.2, 0.25) is 0 Å². The van der Waals surface area contributed by atoms with E-state index in [0.29, 0.717) is 11.4 Å². The van der Waals surface area contributed by atoms with E-state index in [2.05, 4.69) is 19.8 Å². The highest BCUT2D eigenvalue weighted by Gasteiger charge is 2.11. The summed E-state index contributed by atoms with van der Waals surface area (Å²) in [5.41, 5.74) is 1.03. The van der Waals surface area contributed by atoms with Gasteiger partial charge in [0.1, 0.15) is 5.69 Å². The van der Waals surface area contributed by atoms with Crippen molar-refractivity contribution in [3.05, 3.63) is 23.0 Å². The first-order valence-electron chi connectivity index (χ1n) is 3.91. The smallest absolute Gasteiger partial charge is 0.190 e. The fourth-order valence-corrected chi connectivity index (χ4v) is 1.44. The van der Waals surface area contributed by atoms with Crippen molar-refractivity contribution in [1.29, 1.82) is 0 Å². The summed E-state index contributed by atoms with van der Waals surface area (Å²) < 4.78 is 3.67. The largest absolute Gasteiger partial charge is 0.292 e. The first-order chi connectivity index (χ1) is 6.75. The van der Waals surface area contributed by atoms with Gasteiger partial charge in [0, 0.05) is 12.4 Å². The van der Waals surface area contributed by atoms with Gasteiger partial charge in [-0.25, -0.2) is 0 Å². The molecule has 0 unspecified atom stereocenters. The molecule has 0 saturated carbocycles. The second-order valence-corrected chi connectivity index (χ2v) is 3.33. The van der Waals surface area contributed by atoms with Crippen molar-refractivity contribution in [2.24, 2.45) is 7.05 Å². The number of nitrogens with zero attached hydrogens (tertiary/aromatic N) is 5. The van der Waals surface area contributed by atoms with E-state index in [1.807, 2.05) is 0 Å². The Balaban J connectivity index is 2.10. The summed E-state index contributed by atoms with van der Waals surface area (Å²) in [7, 11) is 1.67. The summed E-state index contributed by atoms with van der Waals surface area (Å²) >= 11 is 1.23. The molecule has 0 saturated heterocycles. The molecule has 0 aliphatic heterocycles. The summed E-state index contributed by atoms with van der Waals surface area (Å²) in [4.78, 5) is 12.9. The highest BCUT2D eigenvalue weighted by atomic mass is 32.1. The minimum absolute atomic E-state index is 0.0919. The molecular weight excluding hydrogens is 202 g/mol. The Morgan fingerprint density at radius 3 is 3.07 bits per heavy atom. The Kier molecular flexibility index (Phi) is 2.32. The van der Waals surface area contributed by atoms with Crippen LogP contribution in [0, 0.1) is 0 Å². The first kappa shape index (κ1) is 8.95. The van der Waals surface area contributed by atoms with E-state index >= 15 is 0 Å². The summed E-state index contributed by atoms with van der Waals surface area (Å²) in [5.74, 6) is -0.0919. The number of Topliss-reactive ketones (excluding diaryl/α,β-unsaturated/α-hetero) is 1. The fraction of sp³-hybridized carbons (Fsp3) is 0.286. The molecule has 0 fully saturated rings. The lowest BCUT2D eigenvalue weighted by molar-refractivity contribution is 0.0986. The lowest BCUT2D eigenvalue weighted by Gasteiger charge is -1.90. The molecular formula is C7H7N5OS. The predicted octanol–water partition coefficient (Wildman–Crippen LogP) is 0.0920. The number of ketones is 1. The Morgan fingerprint density at radius 2 is 2.50 bits per heavy atom. The molecule has 0 radical (unpaired) electrons. The molecule has 7 heteroatoms. The number of hydrogen-bond donors (Lipinski definition) is 0. The van der Waals surface area contributed by atoms with Crippen molar-refractivity contribution in [3.8, 4) is 0 Å². The molecule has 0 aliphatic rings. The Bertz CT molecular complexity index is 435. The van der Waals surface area contributed by atoms with Crippen molar-refractivity contribution < 1.29 is 4.79 Å². The van der Waals surface area contributed by atoms with Gasteiger partial charge in [-0.05, 0) is 11.5 Å². The van der Waals surface area contributed by atoms with E-state index in [0.717, 1.165) is 0 Å². The highest BCUT2D eigenvalue weighted by Crippen LogP contribution is 2.03. The van der Waals surface area contributed by atoms with Gasteiger partial charge < -0.3 is 0 Å². The van der Waals surface area contributed by atoms with Gasteiger partial charge in [-0.2, -0.15) is 15.0 Å². The zero-order chi connectivity index (χ0) is 9.97.